The Morgan fingerprint density at radius 3 is 2.32 bits per heavy atom. The van der Waals surface area contributed by atoms with Crippen LogP contribution < -0.4 is 10.0 Å². The van der Waals surface area contributed by atoms with Gasteiger partial charge >= 0.3 is 0 Å². The maximum atomic E-state index is 12.3. The number of hydrogen-bond donors (Lipinski definition) is 2. The van der Waals surface area contributed by atoms with Crippen LogP contribution >= 0.6 is 0 Å². The molecular formula is C22H25N3O5S. The van der Waals surface area contributed by atoms with Gasteiger partial charge in [0.05, 0.1) is 11.2 Å². The minimum absolute atomic E-state index is 0.00109. The number of likely N-dealkylation sites (tertiary alicyclic amines) is 1. The highest BCUT2D eigenvalue weighted by Gasteiger charge is 2.28. The van der Waals surface area contributed by atoms with Gasteiger partial charge in [-0.05, 0) is 61.6 Å². The van der Waals surface area contributed by atoms with Gasteiger partial charge in [0.15, 0.2) is 5.76 Å². The van der Waals surface area contributed by atoms with Crippen molar-refractivity contribution in [1.82, 2.24) is 14.9 Å². The smallest absolute Gasteiger partial charge is 0.289 e. The van der Waals surface area contributed by atoms with Gasteiger partial charge < -0.3 is 14.6 Å². The number of rotatable bonds is 7. The zero-order chi connectivity index (χ0) is 21.8. The predicted molar refractivity (Wildman–Crippen MR) is 115 cm³/mol. The van der Waals surface area contributed by atoms with Gasteiger partial charge in [-0.3, -0.25) is 9.59 Å². The van der Waals surface area contributed by atoms with E-state index in [1.54, 1.807) is 35.2 Å². The largest absolute Gasteiger partial charge is 0.459 e. The van der Waals surface area contributed by atoms with Crippen molar-refractivity contribution in [2.45, 2.75) is 42.7 Å². The van der Waals surface area contributed by atoms with E-state index in [0.29, 0.717) is 31.7 Å². The molecule has 31 heavy (non-hydrogen) atoms. The lowest BCUT2D eigenvalue weighted by Crippen LogP contribution is -2.46. The molecule has 2 fully saturated rings. The number of nitrogens with zero attached hydrogens (tertiary/aromatic N) is 1. The van der Waals surface area contributed by atoms with Crippen molar-refractivity contribution in [3.05, 3.63) is 60.1 Å². The Balaban J connectivity index is 1.25. The van der Waals surface area contributed by atoms with Crippen LogP contribution in [0, 0.1) is 0 Å². The summed E-state index contributed by atoms with van der Waals surface area (Å²) in [7, 11) is -3.48. The lowest BCUT2D eigenvalue weighted by Gasteiger charge is -2.31. The SMILES string of the molecule is O=C(/C=C/c1ccc(S(=O)(=O)NC2CC2)cc1)NC1CCN(C(=O)c2ccco2)CC1. The third kappa shape index (κ3) is 5.62. The molecule has 2 aromatic rings. The number of carbonyl (C=O) groups is 2. The van der Waals surface area contributed by atoms with Crippen molar-refractivity contribution in [1.29, 1.82) is 0 Å². The molecule has 1 aromatic carbocycles. The number of amides is 2. The Kier molecular flexibility index (Phi) is 6.24. The fourth-order valence-electron chi connectivity index (χ4n) is 3.45. The van der Waals surface area contributed by atoms with Crippen LogP contribution in [0.5, 0.6) is 0 Å². The van der Waals surface area contributed by atoms with E-state index in [1.165, 1.54) is 24.5 Å². The summed E-state index contributed by atoms with van der Waals surface area (Å²) in [5.41, 5.74) is 0.736. The molecule has 1 saturated heterocycles. The molecule has 0 radical (unpaired) electrons. The van der Waals surface area contributed by atoms with Crippen LogP contribution in [-0.2, 0) is 14.8 Å². The van der Waals surface area contributed by atoms with Crippen LogP contribution in [0.2, 0.25) is 0 Å². The first-order valence-electron chi connectivity index (χ1n) is 10.3. The van der Waals surface area contributed by atoms with Crippen LogP contribution in [0.1, 0.15) is 41.8 Å². The summed E-state index contributed by atoms with van der Waals surface area (Å²) in [6, 6.07) is 9.80. The molecule has 1 aliphatic carbocycles. The molecule has 0 atom stereocenters. The highest BCUT2D eigenvalue weighted by atomic mass is 32.2. The van der Waals surface area contributed by atoms with Gasteiger partial charge in [0, 0.05) is 31.2 Å². The molecule has 164 valence electrons. The second-order valence-corrected chi connectivity index (χ2v) is 9.56. The average molecular weight is 444 g/mol. The molecule has 4 rings (SSSR count). The van der Waals surface area contributed by atoms with E-state index in [4.69, 9.17) is 4.42 Å². The number of carbonyl (C=O) groups excluding carboxylic acids is 2. The summed E-state index contributed by atoms with van der Waals surface area (Å²) in [6.07, 6.45) is 7.67. The van der Waals surface area contributed by atoms with Crippen LogP contribution in [0.3, 0.4) is 0 Å². The second-order valence-electron chi connectivity index (χ2n) is 7.85. The topological polar surface area (TPSA) is 109 Å². The average Bonchev–Trinajstić information content (AvgIpc) is 3.39. The fourth-order valence-corrected chi connectivity index (χ4v) is 4.76. The second kappa shape index (κ2) is 9.07. The van der Waals surface area contributed by atoms with Crippen molar-refractivity contribution >= 4 is 27.9 Å². The molecule has 2 N–H and O–H groups in total. The highest BCUT2D eigenvalue weighted by Crippen LogP contribution is 2.22. The summed E-state index contributed by atoms with van der Waals surface area (Å²) >= 11 is 0. The lowest BCUT2D eigenvalue weighted by molar-refractivity contribution is -0.117. The molecule has 1 saturated carbocycles. The number of nitrogens with one attached hydrogen (secondary N) is 2. The van der Waals surface area contributed by atoms with Crippen molar-refractivity contribution in [2.24, 2.45) is 0 Å². The van der Waals surface area contributed by atoms with Crippen LogP contribution in [0.25, 0.3) is 6.08 Å². The summed E-state index contributed by atoms with van der Waals surface area (Å²) in [6.45, 7) is 1.11. The van der Waals surface area contributed by atoms with Gasteiger partial charge in [0.2, 0.25) is 15.9 Å². The maximum absolute atomic E-state index is 12.3. The number of piperidine rings is 1. The Morgan fingerprint density at radius 1 is 1.00 bits per heavy atom. The molecule has 2 amide bonds. The Labute approximate surface area is 181 Å². The van der Waals surface area contributed by atoms with Gasteiger partial charge in [-0.15, -0.1) is 0 Å². The monoisotopic (exact) mass is 443 g/mol. The number of hydrogen-bond acceptors (Lipinski definition) is 5. The summed E-state index contributed by atoms with van der Waals surface area (Å²) in [4.78, 5) is 26.5. The van der Waals surface area contributed by atoms with E-state index in [0.717, 1.165) is 18.4 Å². The molecule has 0 spiro atoms. The highest BCUT2D eigenvalue weighted by molar-refractivity contribution is 7.89. The first-order valence-corrected chi connectivity index (χ1v) is 11.8. The molecular weight excluding hydrogens is 418 g/mol. The van der Waals surface area contributed by atoms with E-state index in [1.807, 2.05) is 0 Å². The molecule has 0 bridgehead atoms. The standard InChI is InChI=1S/C22H25N3O5S/c26-21(23-17-11-13-25(14-12-17)22(27)20-2-1-15-30-20)10-5-16-3-8-19(9-4-16)31(28,29)24-18-6-7-18/h1-5,8-10,15,17-18,24H,6-7,11-14H2,(H,23,26)/b10-5+. The minimum Gasteiger partial charge on any atom is -0.459 e. The van der Waals surface area contributed by atoms with E-state index < -0.39 is 10.0 Å². The Bertz CT molecular complexity index is 1050. The molecule has 9 heteroatoms. The van der Waals surface area contributed by atoms with E-state index >= 15 is 0 Å². The van der Waals surface area contributed by atoms with Crippen LogP contribution in [0.15, 0.2) is 58.1 Å². The van der Waals surface area contributed by atoms with E-state index in [2.05, 4.69) is 10.0 Å². The molecule has 1 aliphatic heterocycles. The van der Waals surface area contributed by atoms with Gasteiger partial charge in [-0.1, -0.05) is 12.1 Å². The molecule has 0 unspecified atom stereocenters. The zero-order valence-electron chi connectivity index (χ0n) is 17.0. The first kappa shape index (κ1) is 21.3. The first-order chi connectivity index (χ1) is 14.9. The van der Waals surface area contributed by atoms with Crippen LogP contribution in [0.4, 0.5) is 0 Å². The van der Waals surface area contributed by atoms with E-state index in [9.17, 15) is 18.0 Å². The Morgan fingerprint density at radius 2 is 1.71 bits per heavy atom. The van der Waals surface area contributed by atoms with Crippen molar-refractivity contribution in [2.75, 3.05) is 13.1 Å². The fraction of sp³-hybridized carbons (Fsp3) is 0.364. The van der Waals surface area contributed by atoms with Gasteiger partial charge in [0.1, 0.15) is 0 Å². The number of benzene rings is 1. The van der Waals surface area contributed by atoms with Gasteiger partial charge in [-0.25, -0.2) is 13.1 Å². The molecule has 8 nitrogen and oxygen atoms in total. The maximum Gasteiger partial charge on any atom is 0.289 e. The van der Waals surface area contributed by atoms with Gasteiger partial charge in [0.25, 0.3) is 5.91 Å². The molecule has 1 aromatic heterocycles. The normalized spacial score (nSPS) is 17.7. The van der Waals surface area contributed by atoms with Crippen molar-refractivity contribution < 1.29 is 22.4 Å². The zero-order valence-corrected chi connectivity index (χ0v) is 17.8. The number of furan rings is 1. The summed E-state index contributed by atoms with van der Waals surface area (Å²) in [5.74, 6) is -0.0251. The third-order valence-corrected chi connectivity index (χ3v) is 6.91. The lowest BCUT2D eigenvalue weighted by atomic mass is 10.0. The molecule has 2 aliphatic rings. The summed E-state index contributed by atoms with van der Waals surface area (Å²) in [5, 5.41) is 2.95. The van der Waals surface area contributed by atoms with Gasteiger partial charge in [-0.2, -0.15) is 0 Å². The van der Waals surface area contributed by atoms with Crippen molar-refractivity contribution in [3.63, 3.8) is 0 Å². The molecule has 2 heterocycles. The van der Waals surface area contributed by atoms with Crippen LogP contribution in [-0.4, -0.2) is 50.3 Å². The van der Waals surface area contributed by atoms with Crippen molar-refractivity contribution in [3.8, 4) is 0 Å². The van der Waals surface area contributed by atoms with E-state index in [-0.39, 0.29) is 28.8 Å². The minimum atomic E-state index is -3.48. The third-order valence-electron chi connectivity index (χ3n) is 5.38. The summed E-state index contributed by atoms with van der Waals surface area (Å²) < 4.78 is 32.2. The quantitative estimate of drug-likeness (QED) is 0.638. The predicted octanol–water partition coefficient (Wildman–Crippen LogP) is 2.15. The number of sulfonamides is 1. The Hall–Kier alpha value is -2.91.